The largest absolute Gasteiger partial charge is 0.420 e. The van der Waals surface area contributed by atoms with Crippen LogP contribution in [0.25, 0.3) is 0 Å². The van der Waals surface area contributed by atoms with Gasteiger partial charge in [0.1, 0.15) is 0 Å². The van der Waals surface area contributed by atoms with E-state index in [9.17, 15) is 0 Å². The minimum absolute atomic E-state index is 1.24. The Morgan fingerprint density at radius 3 is 1.00 bits per heavy atom. The summed E-state index contributed by atoms with van der Waals surface area (Å²) in [6.07, 6.45) is 0. The van der Waals surface area contributed by atoms with E-state index >= 15 is 0 Å². The van der Waals surface area contributed by atoms with Crippen molar-refractivity contribution >= 4 is 16.6 Å². The molecular weight excluding hydrogens is 232 g/mol. The highest BCUT2D eigenvalue weighted by atomic mass is 28.4. The van der Waals surface area contributed by atoms with Gasteiger partial charge in [-0.15, -0.1) is 0 Å². The summed E-state index contributed by atoms with van der Waals surface area (Å²) in [6.45, 7) is 9.14. The van der Waals surface area contributed by atoms with Gasteiger partial charge in [0, 0.05) is 14.2 Å². The number of hydrogen-bond acceptors (Lipinski definition) is 2. The first-order valence-corrected chi connectivity index (χ1v) is 11.7. The van der Waals surface area contributed by atoms with Crippen LogP contribution in [0.3, 0.4) is 0 Å². The SMILES string of the molecule is CC[Si](CC)(CC[Si](CC)(CC)OC)OC. The quantitative estimate of drug-likeness (QED) is 0.578. The van der Waals surface area contributed by atoms with Crippen molar-refractivity contribution in [2.75, 3.05) is 14.2 Å². The van der Waals surface area contributed by atoms with Crippen LogP contribution < -0.4 is 0 Å². The van der Waals surface area contributed by atoms with Crippen LogP contribution in [0.5, 0.6) is 0 Å². The molecule has 4 heteroatoms. The van der Waals surface area contributed by atoms with Gasteiger partial charge in [0.25, 0.3) is 0 Å². The van der Waals surface area contributed by atoms with Gasteiger partial charge in [-0.05, 0) is 36.3 Å². The van der Waals surface area contributed by atoms with Crippen LogP contribution in [0, 0.1) is 0 Å². The highest BCUT2D eigenvalue weighted by Gasteiger charge is 2.36. The molecule has 0 aliphatic rings. The maximum absolute atomic E-state index is 5.87. The maximum Gasteiger partial charge on any atom is 0.191 e. The van der Waals surface area contributed by atoms with Crippen molar-refractivity contribution in [2.24, 2.45) is 0 Å². The molecule has 0 aromatic carbocycles. The summed E-state index contributed by atoms with van der Waals surface area (Å²) in [7, 11) is 0.977. The first kappa shape index (κ1) is 16.4. The van der Waals surface area contributed by atoms with Gasteiger partial charge >= 0.3 is 0 Å². The van der Waals surface area contributed by atoms with Crippen LogP contribution in [0.1, 0.15) is 27.7 Å². The first-order valence-electron chi connectivity index (χ1n) is 6.67. The molecule has 0 aromatic rings. The molecule has 0 heterocycles. The van der Waals surface area contributed by atoms with Gasteiger partial charge < -0.3 is 8.85 Å². The van der Waals surface area contributed by atoms with E-state index in [2.05, 4.69) is 27.7 Å². The average molecular weight is 263 g/mol. The predicted molar refractivity (Wildman–Crippen MR) is 77.1 cm³/mol. The van der Waals surface area contributed by atoms with Crippen molar-refractivity contribution in [1.29, 1.82) is 0 Å². The Morgan fingerprint density at radius 2 is 0.875 bits per heavy atom. The van der Waals surface area contributed by atoms with Gasteiger partial charge in [-0.2, -0.15) is 0 Å². The molecule has 0 fully saturated rings. The summed E-state index contributed by atoms with van der Waals surface area (Å²) in [5, 5.41) is 0. The Morgan fingerprint density at radius 1 is 0.625 bits per heavy atom. The monoisotopic (exact) mass is 262 g/mol. The van der Waals surface area contributed by atoms with E-state index in [1.165, 1.54) is 36.3 Å². The summed E-state index contributed by atoms with van der Waals surface area (Å²) in [6, 6.07) is 7.53. The second-order valence-electron chi connectivity index (χ2n) is 4.69. The molecule has 0 aliphatic carbocycles. The third kappa shape index (κ3) is 3.98. The van der Waals surface area contributed by atoms with Crippen molar-refractivity contribution < 1.29 is 8.85 Å². The van der Waals surface area contributed by atoms with Gasteiger partial charge in [-0.25, -0.2) is 0 Å². The lowest BCUT2D eigenvalue weighted by Gasteiger charge is -2.33. The molecule has 2 nitrogen and oxygen atoms in total. The van der Waals surface area contributed by atoms with Gasteiger partial charge in [0.05, 0.1) is 0 Å². The van der Waals surface area contributed by atoms with Crippen LogP contribution in [0.15, 0.2) is 0 Å². The van der Waals surface area contributed by atoms with Crippen molar-refractivity contribution in [3.63, 3.8) is 0 Å². The summed E-state index contributed by atoms with van der Waals surface area (Å²) in [5.74, 6) is 0. The Labute approximate surface area is 104 Å². The fraction of sp³-hybridized carbons (Fsp3) is 1.00. The first-order chi connectivity index (χ1) is 7.57. The highest BCUT2D eigenvalue weighted by Crippen LogP contribution is 2.30. The molecule has 0 amide bonds. The van der Waals surface area contributed by atoms with Crippen LogP contribution in [-0.4, -0.2) is 30.9 Å². The Hall–Kier alpha value is 0.354. The van der Waals surface area contributed by atoms with E-state index < -0.39 is 16.6 Å². The molecule has 0 N–H and O–H groups in total. The van der Waals surface area contributed by atoms with E-state index in [1.807, 2.05) is 14.2 Å². The van der Waals surface area contributed by atoms with Crippen LogP contribution in [-0.2, 0) is 8.85 Å². The lowest BCUT2D eigenvalue weighted by atomic mass is 10.9. The van der Waals surface area contributed by atoms with Crippen molar-refractivity contribution in [2.45, 2.75) is 64.0 Å². The van der Waals surface area contributed by atoms with Gasteiger partial charge in [0.2, 0.25) is 0 Å². The molecule has 0 atom stereocenters. The van der Waals surface area contributed by atoms with E-state index in [1.54, 1.807) is 0 Å². The second kappa shape index (κ2) is 7.64. The summed E-state index contributed by atoms with van der Waals surface area (Å²) >= 11 is 0. The summed E-state index contributed by atoms with van der Waals surface area (Å²) in [4.78, 5) is 0. The molecule has 0 saturated carbocycles. The topological polar surface area (TPSA) is 18.5 Å². The van der Waals surface area contributed by atoms with Gasteiger partial charge in [-0.1, -0.05) is 27.7 Å². The van der Waals surface area contributed by atoms with Crippen LogP contribution in [0.2, 0.25) is 36.3 Å². The lowest BCUT2D eigenvalue weighted by Crippen LogP contribution is -2.41. The van der Waals surface area contributed by atoms with Crippen molar-refractivity contribution in [3.05, 3.63) is 0 Å². The zero-order chi connectivity index (χ0) is 12.7. The Bertz CT molecular complexity index is 141. The van der Waals surface area contributed by atoms with E-state index in [-0.39, 0.29) is 0 Å². The van der Waals surface area contributed by atoms with Crippen LogP contribution in [0.4, 0.5) is 0 Å². The smallest absolute Gasteiger partial charge is 0.191 e. The second-order valence-corrected chi connectivity index (χ2v) is 14.1. The fourth-order valence-corrected chi connectivity index (χ4v) is 10.1. The summed E-state index contributed by atoms with van der Waals surface area (Å²) < 4.78 is 11.7. The zero-order valence-corrected chi connectivity index (χ0v) is 14.1. The highest BCUT2D eigenvalue weighted by molar-refractivity contribution is 6.79. The molecule has 0 radical (unpaired) electrons. The van der Waals surface area contributed by atoms with Gasteiger partial charge in [-0.3, -0.25) is 0 Å². The minimum atomic E-state index is -1.42. The standard InChI is InChI=1S/C12H30O2Si2/c1-7-15(8-2,13-5)11-12-16(9-3,10-4)14-6/h7-12H2,1-6H3. The average Bonchev–Trinajstić information content (AvgIpc) is 2.37. The Balaban J connectivity index is 4.48. The van der Waals surface area contributed by atoms with E-state index in [0.717, 1.165) is 0 Å². The predicted octanol–water partition coefficient (Wildman–Crippen LogP) is 4.25. The molecule has 0 rings (SSSR count). The van der Waals surface area contributed by atoms with Crippen molar-refractivity contribution in [3.8, 4) is 0 Å². The molecule has 16 heavy (non-hydrogen) atoms. The molecule has 0 aromatic heterocycles. The number of rotatable bonds is 9. The number of hydrogen-bond donors (Lipinski definition) is 0. The third-order valence-corrected chi connectivity index (χ3v) is 14.2. The van der Waals surface area contributed by atoms with Crippen LogP contribution >= 0.6 is 0 Å². The Kier molecular flexibility index (Phi) is 7.80. The fourth-order valence-electron chi connectivity index (χ4n) is 2.44. The molecule has 0 spiro atoms. The molecule has 0 bridgehead atoms. The minimum Gasteiger partial charge on any atom is -0.420 e. The normalized spacial score (nSPS) is 13.1. The molecule has 0 aliphatic heterocycles. The van der Waals surface area contributed by atoms with E-state index in [0.29, 0.717) is 0 Å². The maximum atomic E-state index is 5.87. The van der Waals surface area contributed by atoms with Crippen molar-refractivity contribution in [1.82, 2.24) is 0 Å². The summed E-state index contributed by atoms with van der Waals surface area (Å²) in [5.41, 5.74) is 0. The molecular formula is C12H30O2Si2. The molecule has 0 unspecified atom stereocenters. The zero-order valence-electron chi connectivity index (χ0n) is 12.1. The van der Waals surface area contributed by atoms with Gasteiger partial charge in [0.15, 0.2) is 16.6 Å². The third-order valence-electron chi connectivity index (χ3n) is 4.48. The molecule has 0 saturated heterocycles. The van der Waals surface area contributed by atoms with E-state index in [4.69, 9.17) is 8.85 Å². The molecule has 98 valence electrons. The lowest BCUT2D eigenvalue weighted by molar-refractivity contribution is 0.380.